The second-order valence-electron chi connectivity index (χ2n) is 4.87. The summed E-state index contributed by atoms with van der Waals surface area (Å²) in [4.78, 5) is 17.1. The quantitative estimate of drug-likeness (QED) is 0.851. The Morgan fingerprint density at radius 1 is 1.43 bits per heavy atom. The first-order valence-electron chi connectivity index (χ1n) is 6.43. The second-order valence-corrected chi connectivity index (χ2v) is 5.78. The molecule has 5 nitrogen and oxygen atoms in total. The van der Waals surface area contributed by atoms with Crippen molar-refractivity contribution in [2.75, 3.05) is 11.5 Å². The van der Waals surface area contributed by atoms with Crippen molar-refractivity contribution >= 4 is 27.7 Å². The molecule has 1 aliphatic rings. The number of fused-ring (bicyclic) bond motifs is 1. The van der Waals surface area contributed by atoms with Gasteiger partial charge in [-0.05, 0) is 34.5 Å². The minimum atomic E-state index is -1.02. The molecule has 2 aromatic rings. The van der Waals surface area contributed by atoms with Gasteiger partial charge in [0.15, 0.2) is 0 Å². The zero-order valence-corrected chi connectivity index (χ0v) is 12.9. The summed E-state index contributed by atoms with van der Waals surface area (Å²) in [5.41, 5.74) is 2.48. The van der Waals surface area contributed by atoms with Crippen molar-refractivity contribution < 1.29 is 14.6 Å². The Morgan fingerprint density at radius 3 is 2.81 bits per heavy atom. The molecule has 1 aromatic carbocycles. The van der Waals surface area contributed by atoms with E-state index in [1.54, 1.807) is 12.3 Å². The fourth-order valence-corrected chi connectivity index (χ4v) is 2.69. The summed E-state index contributed by atoms with van der Waals surface area (Å²) in [6, 6.07) is 9.10. The van der Waals surface area contributed by atoms with E-state index in [9.17, 15) is 9.90 Å². The maximum atomic E-state index is 11.7. The number of nitrogens with zero attached hydrogens (tertiary/aromatic N) is 2. The number of carboxylic acid groups (broad SMARTS) is 1. The number of amides is 1. The van der Waals surface area contributed by atoms with E-state index in [1.807, 2.05) is 31.2 Å². The molecular formula is C15H13BrN2O3. The third-order valence-electron chi connectivity index (χ3n) is 3.42. The highest BCUT2D eigenvalue weighted by Gasteiger charge is 2.34. The van der Waals surface area contributed by atoms with Crippen molar-refractivity contribution in [3.8, 4) is 5.88 Å². The lowest BCUT2D eigenvalue weighted by atomic mass is 10.0. The van der Waals surface area contributed by atoms with Gasteiger partial charge < -0.3 is 9.84 Å². The number of hydrogen-bond donors (Lipinski definition) is 1. The smallest absolute Gasteiger partial charge is 0.412 e. The number of hydrogen-bond acceptors (Lipinski definition) is 3. The molecule has 21 heavy (non-hydrogen) atoms. The third-order valence-corrected chi connectivity index (χ3v) is 3.85. The summed E-state index contributed by atoms with van der Waals surface area (Å²) < 4.78 is 6.33. The Kier molecular flexibility index (Phi) is 3.55. The number of benzene rings is 1. The van der Waals surface area contributed by atoms with E-state index < -0.39 is 6.09 Å². The van der Waals surface area contributed by atoms with Crippen LogP contribution in [0.2, 0.25) is 0 Å². The molecule has 3 rings (SSSR count). The van der Waals surface area contributed by atoms with E-state index in [1.165, 1.54) is 4.90 Å². The predicted molar refractivity (Wildman–Crippen MR) is 81.9 cm³/mol. The number of anilines is 1. The Labute approximate surface area is 130 Å². The fourth-order valence-electron chi connectivity index (χ4n) is 2.37. The molecule has 6 heteroatoms. The minimum absolute atomic E-state index is 0.247. The van der Waals surface area contributed by atoms with Crippen molar-refractivity contribution in [1.29, 1.82) is 0 Å². The van der Waals surface area contributed by atoms with Crippen LogP contribution in [-0.2, 0) is 0 Å². The molecule has 1 aromatic heterocycles. The van der Waals surface area contributed by atoms with Crippen LogP contribution in [0.3, 0.4) is 0 Å². The van der Waals surface area contributed by atoms with Gasteiger partial charge in [0.2, 0.25) is 5.88 Å². The standard InChI is InChI=1S/C15H13BrN2O3/c1-9-2-4-10(5-3-9)13-8-21-14-12(18(13)15(19)20)6-11(16)7-17-14/h2-7,13H,8H2,1H3,(H,19,20). The number of pyridine rings is 1. The molecular weight excluding hydrogens is 336 g/mol. The maximum absolute atomic E-state index is 11.7. The summed E-state index contributed by atoms with van der Waals surface area (Å²) in [6.45, 7) is 2.24. The van der Waals surface area contributed by atoms with Crippen molar-refractivity contribution in [2.24, 2.45) is 0 Å². The van der Waals surface area contributed by atoms with Gasteiger partial charge in [-0.3, -0.25) is 4.90 Å². The Bertz CT molecular complexity index is 688. The molecule has 1 aliphatic heterocycles. The monoisotopic (exact) mass is 348 g/mol. The highest BCUT2D eigenvalue weighted by molar-refractivity contribution is 9.10. The van der Waals surface area contributed by atoms with Crippen molar-refractivity contribution in [2.45, 2.75) is 13.0 Å². The lowest BCUT2D eigenvalue weighted by molar-refractivity contribution is 0.186. The lowest BCUT2D eigenvalue weighted by Crippen LogP contribution is -2.40. The SMILES string of the molecule is Cc1ccc(C2COc3ncc(Br)cc3N2C(=O)O)cc1. The summed E-state index contributed by atoms with van der Waals surface area (Å²) in [7, 11) is 0. The Hall–Kier alpha value is -2.08. The first kappa shape index (κ1) is 13.9. The third kappa shape index (κ3) is 2.58. The van der Waals surface area contributed by atoms with Crippen LogP contribution in [0, 0.1) is 6.92 Å². The van der Waals surface area contributed by atoms with E-state index in [4.69, 9.17) is 4.74 Å². The topological polar surface area (TPSA) is 62.7 Å². The van der Waals surface area contributed by atoms with E-state index in [-0.39, 0.29) is 12.6 Å². The van der Waals surface area contributed by atoms with Gasteiger partial charge in [-0.15, -0.1) is 0 Å². The largest absolute Gasteiger partial charge is 0.474 e. The molecule has 0 saturated heterocycles. The molecule has 0 aliphatic carbocycles. The van der Waals surface area contributed by atoms with E-state index in [2.05, 4.69) is 20.9 Å². The highest BCUT2D eigenvalue weighted by atomic mass is 79.9. The minimum Gasteiger partial charge on any atom is -0.474 e. The average Bonchev–Trinajstić information content (AvgIpc) is 2.46. The van der Waals surface area contributed by atoms with Gasteiger partial charge in [-0.1, -0.05) is 29.8 Å². The number of halogens is 1. The highest BCUT2D eigenvalue weighted by Crippen LogP contribution is 2.39. The van der Waals surface area contributed by atoms with Gasteiger partial charge in [-0.2, -0.15) is 0 Å². The molecule has 2 heterocycles. The van der Waals surface area contributed by atoms with Gasteiger partial charge >= 0.3 is 6.09 Å². The number of aromatic nitrogens is 1. The lowest BCUT2D eigenvalue weighted by Gasteiger charge is -2.34. The molecule has 1 amide bonds. The zero-order valence-electron chi connectivity index (χ0n) is 11.3. The Balaban J connectivity index is 2.06. The molecule has 108 valence electrons. The molecule has 0 saturated carbocycles. The van der Waals surface area contributed by atoms with Gasteiger partial charge in [-0.25, -0.2) is 9.78 Å². The van der Waals surface area contributed by atoms with Crippen LogP contribution >= 0.6 is 15.9 Å². The van der Waals surface area contributed by atoms with Gasteiger partial charge in [0.05, 0.1) is 6.04 Å². The van der Waals surface area contributed by atoms with Crippen LogP contribution in [0.15, 0.2) is 41.0 Å². The van der Waals surface area contributed by atoms with Crippen LogP contribution < -0.4 is 9.64 Å². The van der Waals surface area contributed by atoms with Crippen molar-refractivity contribution in [3.05, 3.63) is 52.1 Å². The number of ether oxygens (including phenoxy) is 1. The predicted octanol–water partition coefficient (Wildman–Crippen LogP) is 3.77. The molecule has 0 fully saturated rings. The van der Waals surface area contributed by atoms with Crippen molar-refractivity contribution in [3.63, 3.8) is 0 Å². The first-order valence-corrected chi connectivity index (χ1v) is 7.22. The molecule has 0 bridgehead atoms. The number of aryl methyl sites for hydroxylation is 1. The molecule has 1 atom stereocenters. The van der Waals surface area contributed by atoms with Crippen LogP contribution in [0.1, 0.15) is 17.2 Å². The van der Waals surface area contributed by atoms with Gasteiger partial charge in [0.25, 0.3) is 0 Å². The summed E-state index contributed by atoms with van der Waals surface area (Å²) in [5, 5.41) is 9.59. The maximum Gasteiger partial charge on any atom is 0.412 e. The second kappa shape index (κ2) is 5.37. The van der Waals surface area contributed by atoms with Gasteiger partial charge in [0.1, 0.15) is 12.3 Å². The normalized spacial score (nSPS) is 17.0. The van der Waals surface area contributed by atoms with Crippen LogP contribution in [-0.4, -0.2) is 22.8 Å². The fraction of sp³-hybridized carbons (Fsp3) is 0.200. The molecule has 1 unspecified atom stereocenters. The molecule has 0 radical (unpaired) electrons. The summed E-state index contributed by atoms with van der Waals surface area (Å²) in [6.07, 6.45) is 0.565. The van der Waals surface area contributed by atoms with Crippen molar-refractivity contribution in [1.82, 2.24) is 4.98 Å². The van der Waals surface area contributed by atoms with Crippen LogP contribution in [0.5, 0.6) is 5.88 Å². The average molecular weight is 349 g/mol. The Morgan fingerprint density at radius 2 is 2.14 bits per heavy atom. The molecule has 0 spiro atoms. The van der Waals surface area contributed by atoms with E-state index in [0.717, 1.165) is 11.1 Å². The summed E-state index contributed by atoms with van der Waals surface area (Å²) >= 11 is 3.32. The van der Waals surface area contributed by atoms with E-state index >= 15 is 0 Å². The van der Waals surface area contributed by atoms with E-state index in [0.29, 0.717) is 16.0 Å². The van der Waals surface area contributed by atoms with Crippen LogP contribution in [0.25, 0.3) is 0 Å². The molecule has 1 N–H and O–H groups in total. The first-order chi connectivity index (χ1) is 10.1. The van der Waals surface area contributed by atoms with Gasteiger partial charge in [0, 0.05) is 10.7 Å². The zero-order chi connectivity index (χ0) is 15.0. The van der Waals surface area contributed by atoms with Crippen LogP contribution in [0.4, 0.5) is 10.5 Å². The number of rotatable bonds is 1. The number of carbonyl (C=O) groups is 1. The summed E-state index contributed by atoms with van der Waals surface area (Å²) in [5.74, 6) is 0.337.